The molecular formula is C21H19Cl3N2O2. The maximum Gasteiger partial charge on any atom is 0.220 e. The molecule has 0 bridgehead atoms. The summed E-state index contributed by atoms with van der Waals surface area (Å²) in [6.07, 6.45) is 3.61. The van der Waals surface area contributed by atoms with Crippen LogP contribution in [0.25, 0.3) is 10.9 Å². The zero-order valence-electron chi connectivity index (χ0n) is 15.2. The third kappa shape index (κ3) is 4.35. The quantitative estimate of drug-likeness (QED) is 0.476. The van der Waals surface area contributed by atoms with E-state index >= 15 is 0 Å². The normalized spacial score (nSPS) is 12.1. The molecule has 1 aromatic heterocycles. The number of phenolic OH excluding ortho intramolecular Hbond substituents is 1. The molecule has 0 aliphatic rings. The lowest BCUT2D eigenvalue weighted by atomic mass is 9.95. The number of pyridine rings is 1. The number of nitrogens with one attached hydrogen (secondary N) is 1. The second-order valence-electron chi connectivity index (χ2n) is 6.47. The summed E-state index contributed by atoms with van der Waals surface area (Å²) in [7, 11) is 0. The Hall–Kier alpha value is -2.01. The molecule has 2 aromatic carbocycles. The Morgan fingerprint density at radius 2 is 1.93 bits per heavy atom. The summed E-state index contributed by atoms with van der Waals surface area (Å²) >= 11 is 18.9. The Labute approximate surface area is 178 Å². The number of rotatable bonds is 6. The predicted molar refractivity (Wildman–Crippen MR) is 114 cm³/mol. The van der Waals surface area contributed by atoms with Crippen LogP contribution in [0.15, 0.2) is 42.6 Å². The van der Waals surface area contributed by atoms with Crippen molar-refractivity contribution in [2.45, 2.75) is 32.2 Å². The van der Waals surface area contributed by atoms with Crippen LogP contribution < -0.4 is 5.32 Å². The number of phenols is 1. The highest BCUT2D eigenvalue weighted by atomic mass is 35.5. The average Bonchev–Trinajstić information content (AvgIpc) is 2.68. The van der Waals surface area contributed by atoms with Crippen LogP contribution in [0.1, 0.15) is 43.4 Å². The lowest BCUT2D eigenvalue weighted by Gasteiger charge is -2.23. The minimum atomic E-state index is -0.696. The van der Waals surface area contributed by atoms with Gasteiger partial charge in [-0.1, -0.05) is 54.2 Å². The number of halogens is 3. The van der Waals surface area contributed by atoms with E-state index in [2.05, 4.69) is 10.3 Å². The van der Waals surface area contributed by atoms with Gasteiger partial charge in [-0.05, 0) is 42.3 Å². The van der Waals surface area contributed by atoms with Crippen LogP contribution in [-0.4, -0.2) is 16.0 Å². The summed E-state index contributed by atoms with van der Waals surface area (Å²) in [5.41, 5.74) is 1.39. The number of hydrogen-bond donors (Lipinski definition) is 2. The van der Waals surface area contributed by atoms with Crippen LogP contribution in [0, 0.1) is 0 Å². The average molecular weight is 438 g/mol. The van der Waals surface area contributed by atoms with Gasteiger partial charge in [0, 0.05) is 33.6 Å². The largest absolute Gasteiger partial charge is 0.505 e. The van der Waals surface area contributed by atoms with Crippen molar-refractivity contribution in [3.8, 4) is 5.75 Å². The van der Waals surface area contributed by atoms with Gasteiger partial charge in [-0.3, -0.25) is 9.78 Å². The van der Waals surface area contributed by atoms with Crippen molar-refractivity contribution in [1.82, 2.24) is 10.3 Å². The topological polar surface area (TPSA) is 62.2 Å². The van der Waals surface area contributed by atoms with Gasteiger partial charge in [0.05, 0.1) is 11.1 Å². The fraction of sp³-hybridized carbons (Fsp3) is 0.238. The van der Waals surface area contributed by atoms with Gasteiger partial charge in [0.15, 0.2) is 0 Å². The fourth-order valence-corrected chi connectivity index (χ4v) is 3.84. The monoisotopic (exact) mass is 436 g/mol. The van der Waals surface area contributed by atoms with Crippen molar-refractivity contribution in [2.75, 3.05) is 0 Å². The smallest absolute Gasteiger partial charge is 0.220 e. The Morgan fingerprint density at radius 3 is 2.64 bits per heavy atom. The fourth-order valence-electron chi connectivity index (χ4n) is 3.06. The Kier molecular flexibility index (Phi) is 6.65. The van der Waals surface area contributed by atoms with E-state index in [0.29, 0.717) is 43.5 Å². The molecule has 4 nitrogen and oxygen atoms in total. The number of hydrogen-bond acceptors (Lipinski definition) is 3. The van der Waals surface area contributed by atoms with Crippen molar-refractivity contribution in [2.24, 2.45) is 0 Å². The van der Waals surface area contributed by atoms with Crippen molar-refractivity contribution in [3.63, 3.8) is 0 Å². The summed E-state index contributed by atoms with van der Waals surface area (Å²) in [6.45, 7) is 2.02. The Morgan fingerprint density at radius 1 is 1.14 bits per heavy atom. The lowest BCUT2D eigenvalue weighted by molar-refractivity contribution is -0.121. The molecule has 0 aliphatic heterocycles. The van der Waals surface area contributed by atoms with E-state index < -0.39 is 6.04 Å². The summed E-state index contributed by atoms with van der Waals surface area (Å²) in [6, 6.07) is 9.47. The molecule has 0 saturated heterocycles. The van der Waals surface area contributed by atoms with Crippen LogP contribution in [0.2, 0.25) is 15.1 Å². The number of benzene rings is 2. The number of carbonyl (C=O) groups excluding carboxylic acids is 1. The van der Waals surface area contributed by atoms with Crippen molar-refractivity contribution >= 4 is 51.6 Å². The van der Waals surface area contributed by atoms with E-state index in [0.717, 1.165) is 12.8 Å². The summed E-state index contributed by atoms with van der Waals surface area (Å²) in [5, 5.41) is 15.8. The number of nitrogens with zero attached hydrogens (tertiary/aromatic N) is 1. The van der Waals surface area contributed by atoms with Gasteiger partial charge in [-0.25, -0.2) is 0 Å². The molecule has 0 spiro atoms. The molecule has 1 heterocycles. The second kappa shape index (κ2) is 8.99. The molecule has 146 valence electrons. The maximum atomic E-state index is 12.5. The minimum absolute atomic E-state index is 0.0493. The van der Waals surface area contributed by atoms with E-state index in [4.69, 9.17) is 34.8 Å². The number of amides is 1. The van der Waals surface area contributed by atoms with Crippen LogP contribution in [0.3, 0.4) is 0 Å². The van der Waals surface area contributed by atoms with Crippen LogP contribution in [0.4, 0.5) is 0 Å². The van der Waals surface area contributed by atoms with E-state index in [1.807, 2.05) is 6.92 Å². The number of unbranched alkanes of at least 4 members (excludes halogenated alkanes) is 1. The van der Waals surface area contributed by atoms with E-state index in [1.165, 1.54) is 0 Å². The molecule has 7 heteroatoms. The molecule has 2 N–H and O–H groups in total. The molecule has 28 heavy (non-hydrogen) atoms. The number of fused-ring (bicyclic) bond motifs is 1. The second-order valence-corrected chi connectivity index (χ2v) is 7.72. The summed E-state index contributed by atoms with van der Waals surface area (Å²) in [5.74, 6) is -0.193. The lowest BCUT2D eigenvalue weighted by Crippen LogP contribution is -2.29. The van der Waals surface area contributed by atoms with Gasteiger partial charge in [0.25, 0.3) is 0 Å². The van der Waals surface area contributed by atoms with Gasteiger partial charge in [-0.2, -0.15) is 0 Å². The minimum Gasteiger partial charge on any atom is -0.505 e. The highest BCUT2D eigenvalue weighted by Gasteiger charge is 2.25. The molecule has 3 rings (SSSR count). The number of aromatic hydroxyl groups is 1. The van der Waals surface area contributed by atoms with Gasteiger partial charge >= 0.3 is 0 Å². The predicted octanol–water partition coefficient (Wildman–Crippen LogP) is 6.30. The zero-order chi connectivity index (χ0) is 20.3. The van der Waals surface area contributed by atoms with Crippen LogP contribution in [0.5, 0.6) is 5.75 Å². The standard InChI is InChI=1S/C21H19Cl3N2O2/c1-2-3-6-18(27)26-19(14-8-7-12(22)10-16(14)23)15-11-17(24)13-5-4-9-25-20(13)21(15)28/h4-5,7-11,19,28H,2-3,6H2,1H3,(H,26,27)/t19-/m1/s1. The van der Waals surface area contributed by atoms with Crippen LogP contribution in [-0.2, 0) is 4.79 Å². The first-order valence-electron chi connectivity index (χ1n) is 8.92. The molecule has 0 aliphatic carbocycles. The molecule has 0 unspecified atom stereocenters. The third-order valence-electron chi connectivity index (χ3n) is 4.49. The molecule has 0 fully saturated rings. The molecule has 0 saturated carbocycles. The summed E-state index contributed by atoms with van der Waals surface area (Å²) in [4.78, 5) is 16.7. The van der Waals surface area contributed by atoms with Gasteiger partial charge in [-0.15, -0.1) is 0 Å². The zero-order valence-corrected chi connectivity index (χ0v) is 17.4. The molecular weight excluding hydrogens is 419 g/mol. The molecule has 0 radical (unpaired) electrons. The molecule has 3 aromatic rings. The summed E-state index contributed by atoms with van der Waals surface area (Å²) < 4.78 is 0. The molecule has 1 amide bonds. The first-order chi connectivity index (χ1) is 13.4. The van der Waals surface area contributed by atoms with E-state index in [-0.39, 0.29) is 11.7 Å². The Bertz CT molecular complexity index is 1020. The van der Waals surface area contributed by atoms with E-state index in [1.54, 1.807) is 42.6 Å². The first kappa shape index (κ1) is 20.7. The first-order valence-corrected chi connectivity index (χ1v) is 10.1. The van der Waals surface area contributed by atoms with Gasteiger partial charge in [0.1, 0.15) is 11.3 Å². The Balaban J connectivity index is 2.15. The number of carbonyl (C=O) groups is 1. The van der Waals surface area contributed by atoms with Crippen molar-refractivity contribution in [1.29, 1.82) is 0 Å². The third-order valence-corrected chi connectivity index (χ3v) is 5.37. The number of aromatic nitrogens is 1. The highest BCUT2D eigenvalue weighted by Crippen LogP contribution is 2.40. The van der Waals surface area contributed by atoms with Gasteiger partial charge in [0.2, 0.25) is 5.91 Å². The molecule has 1 atom stereocenters. The van der Waals surface area contributed by atoms with E-state index in [9.17, 15) is 9.90 Å². The van der Waals surface area contributed by atoms with Crippen molar-refractivity contribution in [3.05, 3.63) is 68.8 Å². The highest BCUT2D eigenvalue weighted by molar-refractivity contribution is 6.36. The van der Waals surface area contributed by atoms with Crippen LogP contribution >= 0.6 is 34.8 Å². The maximum absolute atomic E-state index is 12.5. The van der Waals surface area contributed by atoms with Crippen molar-refractivity contribution < 1.29 is 9.90 Å². The SMILES string of the molecule is CCCCC(=O)N[C@H](c1ccc(Cl)cc1Cl)c1cc(Cl)c2cccnc2c1O. The van der Waals surface area contributed by atoms with Gasteiger partial charge < -0.3 is 10.4 Å².